The Bertz CT molecular complexity index is 1040. The third kappa shape index (κ3) is 6.40. The van der Waals surface area contributed by atoms with Gasteiger partial charge >= 0.3 is 219 Å². The van der Waals surface area contributed by atoms with Crippen LogP contribution < -0.4 is 21.5 Å². The molecule has 0 saturated heterocycles. The van der Waals surface area contributed by atoms with Crippen LogP contribution in [0.2, 0.25) is 5.02 Å². The summed E-state index contributed by atoms with van der Waals surface area (Å²) in [4.78, 5) is 4.63. The number of likely N-dealkylation sites (N-methyl/N-ethyl adjacent to an activating group) is 1. The maximum atomic E-state index is 12.0. The number of halogens is 2. The molecular formula is C27H34ClIN2O3. The fourth-order valence-electron chi connectivity index (χ4n) is 4.54. The van der Waals surface area contributed by atoms with Crippen molar-refractivity contribution in [2.45, 2.75) is 44.3 Å². The van der Waals surface area contributed by atoms with Gasteiger partial charge in [0.15, 0.2) is 0 Å². The van der Waals surface area contributed by atoms with Crippen LogP contribution in [0.3, 0.4) is 0 Å². The number of nitrogens with zero attached hydrogens (tertiary/aromatic N) is 2. The van der Waals surface area contributed by atoms with Crippen LogP contribution in [0.15, 0.2) is 65.2 Å². The Morgan fingerprint density at radius 2 is 1.79 bits per heavy atom. The van der Waals surface area contributed by atoms with Crippen LogP contribution in [0.25, 0.3) is 0 Å². The van der Waals surface area contributed by atoms with Gasteiger partial charge in [-0.2, -0.15) is 0 Å². The van der Waals surface area contributed by atoms with Crippen molar-refractivity contribution in [1.82, 2.24) is 4.98 Å². The molecule has 1 fully saturated rings. The first-order valence-electron chi connectivity index (χ1n) is 11.9. The Balaban J connectivity index is 1.40. The number of oxazole rings is 1. The molecule has 2 aromatic carbocycles. The van der Waals surface area contributed by atoms with Gasteiger partial charge in [0.25, 0.3) is 0 Å². The second-order valence-corrected chi connectivity index (χ2v) is 14.1. The predicted molar refractivity (Wildman–Crippen MR) is 129 cm³/mol. The summed E-state index contributed by atoms with van der Waals surface area (Å²) in [5.74, 6) is 0.566. The van der Waals surface area contributed by atoms with Crippen LogP contribution in [0.5, 0.6) is 0 Å². The van der Waals surface area contributed by atoms with Gasteiger partial charge in [-0.25, -0.2) is 0 Å². The third-order valence-electron chi connectivity index (χ3n) is 6.47. The molecule has 0 unspecified atom stereocenters. The molecule has 1 aliphatic carbocycles. The van der Waals surface area contributed by atoms with Crippen molar-refractivity contribution in [3.8, 4) is 0 Å². The van der Waals surface area contributed by atoms with E-state index in [4.69, 9.17) is 20.8 Å². The topological polar surface area (TPSA) is 55.5 Å². The van der Waals surface area contributed by atoms with Crippen molar-refractivity contribution < 1.29 is 38.4 Å². The Morgan fingerprint density at radius 3 is 2.50 bits per heavy atom. The molecule has 0 bridgehead atoms. The van der Waals surface area contributed by atoms with E-state index in [1.807, 2.05) is 60.8 Å². The van der Waals surface area contributed by atoms with Gasteiger partial charge in [0.05, 0.1) is 0 Å². The number of aromatic nitrogens is 1. The molecule has 1 aliphatic rings. The van der Waals surface area contributed by atoms with Gasteiger partial charge in [0.2, 0.25) is 0 Å². The average Bonchev–Trinajstić information content (AvgIpc) is 3.32. The monoisotopic (exact) mass is 596 g/mol. The van der Waals surface area contributed by atoms with Gasteiger partial charge < -0.3 is 0 Å². The Labute approximate surface area is 218 Å². The molecule has 1 heterocycles. The summed E-state index contributed by atoms with van der Waals surface area (Å²) in [5.41, 5.74) is 0.813. The molecule has 3 aromatic rings. The molecule has 1 aromatic heterocycles. The Morgan fingerprint density at radius 1 is 1.09 bits per heavy atom. The minimum absolute atomic E-state index is 0.122. The van der Waals surface area contributed by atoms with E-state index in [0.717, 1.165) is 54.8 Å². The first-order chi connectivity index (χ1) is 16.4. The zero-order chi connectivity index (χ0) is 24.0. The summed E-state index contributed by atoms with van der Waals surface area (Å²) < 4.78 is 13.9. The second kappa shape index (κ2) is 11.5. The van der Waals surface area contributed by atoms with Gasteiger partial charge in [0, 0.05) is 0 Å². The molecule has 184 valence electrons. The van der Waals surface area contributed by atoms with E-state index >= 15 is 0 Å². The van der Waals surface area contributed by atoms with E-state index in [-0.39, 0.29) is 5.92 Å². The number of aliphatic hydroxyl groups is 1. The zero-order valence-electron chi connectivity index (χ0n) is 19.9. The molecule has 1 N–H and O–H groups in total. The van der Waals surface area contributed by atoms with E-state index in [0.29, 0.717) is 19.1 Å². The van der Waals surface area contributed by atoms with E-state index in [1.165, 1.54) is 6.42 Å². The van der Waals surface area contributed by atoms with Crippen LogP contribution in [0.4, 0.5) is 0 Å². The molecule has 5 nitrogen and oxygen atoms in total. The fraction of sp³-hybridized carbons (Fsp3) is 0.444. The van der Waals surface area contributed by atoms with E-state index in [2.05, 4.69) is 19.1 Å². The van der Waals surface area contributed by atoms with Gasteiger partial charge in [-0.05, 0) is 0 Å². The van der Waals surface area contributed by atoms with Crippen molar-refractivity contribution in [1.29, 1.82) is 0 Å². The molecule has 7 heteroatoms. The first-order valence-corrected chi connectivity index (χ1v) is 14.3. The summed E-state index contributed by atoms with van der Waals surface area (Å²) in [5, 5.41) is 12.7. The number of benzene rings is 2. The number of hydrogen-bond acceptors (Lipinski definition) is 4. The first kappa shape index (κ1) is 25.6. The molecule has 1 saturated carbocycles. The average molecular weight is 597 g/mol. The second-order valence-electron chi connectivity index (χ2n) is 9.46. The Kier molecular flexibility index (Phi) is 8.69. The summed E-state index contributed by atoms with van der Waals surface area (Å²) in [6, 6.07) is 17.7. The number of ether oxygens (including phenoxy) is 1. The quantitative estimate of drug-likeness (QED) is 0.222. The molecule has 0 amide bonds. The van der Waals surface area contributed by atoms with Crippen LogP contribution in [-0.4, -0.2) is 40.0 Å². The van der Waals surface area contributed by atoms with Gasteiger partial charge in [-0.1, -0.05) is 0 Å². The van der Waals surface area contributed by atoms with Crippen molar-refractivity contribution in [3.05, 3.63) is 86.6 Å². The summed E-state index contributed by atoms with van der Waals surface area (Å²) in [7, 11) is 4.40. The number of hydrogen-bond donors (Lipinski definition) is 1. The van der Waals surface area contributed by atoms with E-state index in [9.17, 15) is 5.11 Å². The molecule has 0 radical (unpaired) electrons. The molecule has 0 aliphatic heterocycles. The summed E-state index contributed by atoms with van der Waals surface area (Å²) in [6.07, 6.45) is 7.32. The van der Waals surface area contributed by atoms with Crippen molar-refractivity contribution >= 4 is 11.6 Å². The van der Waals surface area contributed by atoms with Crippen molar-refractivity contribution in [3.63, 3.8) is 0 Å². The van der Waals surface area contributed by atoms with Gasteiger partial charge in [-0.15, -0.1) is 0 Å². The van der Waals surface area contributed by atoms with E-state index < -0.39 is 27.1 Å². The predicted octanol–water partition coefficient (Wildman–Crippen LogP) is 2.61. The van der Waals surface area contributed by atoms with Crippen LogP contribution in [0, 0.1) is 9.68 Å². The standard InChI is InChI=1S/C27H34ClIN2O3/c1-31(2,17-18-33-20-21-13-15-24(28)16-14-21)29-25-19-30-26(34-25)27(32,22-9-5-3-6-10-22)23-11-7-4-8-12-23/h3,5-6,9-10,13-16,19,23,32H,4,7-8,11-12,17-18,20H2,1-2H3/t27-/m0/s1. The van der Waals surface area contributed by atoms with Crippen LogP contribution in [0.1, 0.15) is 49.1 Å². The zero-order valence-corrected chi connectivity index (χ0v) is 22.8. The SMILES string of the molecule is C[N+](C)(CCOCc1ccc(Cl)cc1)[I-]c1cnc([C@](O)(c2ccccc2)C2CCCCC2)o1. The van der Waals surface area contributed by atoms with Crippen molar-refractivity contribution in [2.75, 3.05) is 27.2 Å². The molecule has 0 spiro atoms. The maximum absolute atomic E-state index is 12.0. The van der Waals surface area contributed by atoms with Crippen LogP contribution >= 0.6 is 11.6 Å². The van der Waals surface area contributed by atoms with Gasteiger partial charge in [-0.3, -0.25) is 0 Å². The molecule has 34 heavy (non-hydrogen) atoms. The van der Waals surface area contributed by atoms with Crippen LogP contribution in [-0.2, 0) is 16.9 Å². The number of rotatable bonds is 10. The summed E-state index contributed by atoms with van der Waals surface area (Å²) in [6.45, 7) is 2.11. The van der Waals surface area contributed by atoms with Crippen molar-refractivity contribution in [2.24, 2.45) is 5.92 Å². The minimum atomic E-state index is -1.18. The third-order valence-corrected chi connectivity index (χ3v) is 9.49. The molecule has 4 rings (SSSR count). The normalized spacial score (nSPS) is 17.1. The molecule has 1 atom stereocenters. The Hall–Kier alpha value is -1.45. The van der Waals surface area contributed by atoms with Gasteiger partial charge in [0.1, 0.15) is 0 Å². The number of quaternary nitrogens is 1. The summed E-state index contributed by atoms with van der Waals surface area (Å²) >= 11 is 5.44. The molecular weight excluding hydrogens is 563 g/mol. The van der Waals surface area contributed by atoms with E-state index in [1.54, 1.807) is 0 Å². The fourth-order valence-corrected chi connectivity index (χ4v) is 6.96.